The van der Waals surface area contributed by atoms with E-state index in [1.165, 1.54) is 24.3 Å². The number of hydrogen-bond acceptors (Lipinski definition) is 6. The van der Waals surface area contributed by atoms with E-state index in [1.54, 1.807) is 6.92 Å². The van der Waals surface area contributed by atoms with Crippen molar-refractivity contribution in [2.24, 2.45) is 0 Å². The van der Waals surface area contributed by atoms with Crippen LogP contribution < -0.4 is 10.1 Å². The third-order valence-electron chi connectivity index (χ3n) is 5.24. The standard InChI is InChI=1S/C19H24F2N2O6S2/c1-2-23(11-18(24)22-15-7-8-30(25,26)12-15)31(27,28)17-6-4-13-9-16(29-19(20)21)5-3-14(13)10-17/h3,5,9-10,15,19H,2,4,6-8,11-12H2,1H3,(H,22,24). The van der Waals surface area contributed by atoms with Gasteiger partial charge >= 0.3 is 6.61 Å². The molecule has 1 aromatic carbocycles. The molecule has 0 radical (unpaired) electrons. The summed E-state index contributed by atoms with van der Waals surface area (Å²) in [4.78, 5) is 12.5. The Morgan fingerprint density at radius 1 is 1.32 bits per heavy atom. The monoisotopic (exact) mass is 478 g/mol. The van der Waals surface area contributed by atoms with Crippen LogP contribution in [0, 0.1) is 0 Å². The lowest BCUT2D eigenvalue weighted by atomic mass is 9.97. The van der Waals surface area contributed by atoms with Crippen molar-refractivity contribution in [2.45, 2.75) is 38.8 Å². The molecule has 1 N–H and O–H groups in total. The number of benzene rings is 1. The van der Waals surface area contributed by atoms with Gasteiger partial charge in [0.2, 0.25) is 15.9 Å². The average Bonchev–Trinajstić information content (AvgIpc) is 3.03. The lowest BCUT2D eigenvalue weighted by Gasteiger charge is -2.25. The van der Waals surface area contributed by atoms with E-state index in [0.29, 0.717) is 24.0 Å². The fourth-order valence-electron chi connectivity index (χ4n) is 3.70. The SMILES string of the molecule is CCN(CC(=O)NC1CCS(=O)(=O)C1)S(=O)(=O)C1=Cc2ccc(OC(F)F)cc2CC1. The summed E-state index contributed by atoms with van der Waals surface area (Å²) >= 11 is 0. The highest BCUT2D eigenvalue weighted by Gasteiger charge is 2.32. The summed E-state index contributed by atoms with van der Waals surface area (Å²) in [6.45, 7) is -1.69. The summed E-state index contributed by atoms with van der Waals surface area (Å²) < 4.78 is 79.4. The van der Waals surface area contributed by atoms with Gasteiger partial charge < -0.3 is 10.1 Å². The largest absolute Gasteiger partial charge is 0.435 e. The number of carbonyl (C=O) groups is 1. The highest BCUT2D eigenvalue weighted by molar-refractivity contribution is 7.93. The normalized spacial score (nSPS) is 20.4. The summed E-state index contributed by atoms with van der Waals surface area (Å²) in [5.41, 5.74) is 1.28. The van der Waals surface area contributed by atoms with E-state index < -0.39 is 45.0 Å². The molecule has 0 bridgehead atoms. The number of nitrogens with zero attached hydrogens (tertiary/aromatic N) is 1. The maximum Gasteiger partial charge on any atom is 0.387 e. The van der Waals surface area contributed by atoms with Crippen molar-refractivity contribution in [3.8, 4) is 5.75 Å². The number of fused-ring (bicyclic) bond motifs is 1. The van der Waals surface area contributed by atoms with Gasteiger partial charge in [0.1, 0.15) is 5.75 Å². The Hall–Kier alpha value is -2.05. The van der Waals surface area contributed by atoms with Gasteiger partial charge in [0.05, 0.1) is 23.0 Å². The van der Waals surface area contributed by atoms with Gasteiger partial charge in [-0.05, 0) is 48.6 Å². The van der Waals surface area contributed by atoms with Gasteiger partial charge in [0, 0.05) is 12.6 Å². The summed E-state index contributed by atoms with van der Waals surface area (Å²) in [5, 5.41) is 2.59. The van der Waals surface area contributed by atoms with E-state index in [0.717, 1.165) is 4.31 Å². The van der Waals surface area contributed by atoms with Crippen LogP contribution in [0.15, 0.2) is 23.1 Å². The van der Waals surface area contributed by atoms with Crippen molar-refractivity contribution in [1.82, 2.24) is 9.62 Å². The molecule has 1 heterocycles. The first kappa shape index (κ1) is 23.6. The van der Waals surface area contributed by atoms with Crippen molar-refractivity contribution >= 4 is 31.8 Å². The molecule has 172 valence electrons. The van der Waals surface area contributed by atoms with Gasteiger partial charge in [-0.1, -0.05) is 13.0 Å². The molecular formula is C19H24F2N2O6S2. The number of likely N-dealkylation sites (N-methyl/N-ethyl adjacent to an activating group) is 1. The van der Waals surface area contributed by atoms with Gasteiger partial charge in [-0.2, -0.15) is 13.1 Å². The topological polar surface area (TPSA) is 110 Å². The third-order valence-corrected chi connectivity index (χ3v) is 9.06. The fourth-order valence-corrected chi connectivity index (χ4v) is 6.97. The molecule has 3 rings (SSSR count). The second-order valence-electron chi connectivity index (χ2n) is 7.45. The van der Waals surface area contributed by atoms with Crippen LogP contribution in [0.2, 0.25) is 0 Å². The number of sulfone groups is 1. The van der Waals surface area contributed by atoms with Crippen LogP contribution in [0.1, 0.15) is 30.9 Å². The van der Waals surface area contributed by atoms with Gasteiger partial charge in [0.25, 0.3) is 0 Å². The highest BCUT2D eigenvalue weighted by Crippen LogP contribution is 2.31. The Kier molecular flexibility index (Phi) is 7.01. The Morgan fingerprint density at radius 2 is 2.06 bits per heavy atom. The number of ether oxygens (including phenoxy) is 1. The van der Waals surface area contributed by atoms with E-state index >= 15 is 0 Å². The van der Waals surface area contributed by atoms with E-state index in [9.17, 15) is 30.4 Å². The van der Waals surface area contributed by atoms with E-state index in [4.69, 9.17) is 0 Å². The predicted octanol–water partition coefficient (Wildman–Crippen LogP) is 1.53. The molecule has 1 atom stereocenters. The lowest BCUT2D eigenvalue weighted by molar-refractivity contribution is -0.121. The molecule has 8 nitrogen and oxygen atoms in total. The molecular weight excluding hydrogens is 454 g/mol. The Labute approximate surface area is 180 Å². The molecule has 31 heavy (non-hydrogen) atoms. The molecule has 1 aliphatic carbocycles. The number of aryl methyl sites for hydroxylation is 1. The third kappa shape index (κ3) is 5.80. The average molecular weight is 479 g/mol. The zero-order chi connectivity index (χ0) is 22.8. The highest BCUT2D eigenvalue weighted by atomic mass is 32.2. The van der Waals surface area contributed by atoms with Crippen LogP contribution >= 0.6 is 0 Å². The summed E-state index contributed by atoms with van der Waals surface area (Å²) in [6, 6.07) is 3.81. The number of nitrogens with one attached hydrogen (secondary N) is 1. The quantitative estimate of drug-likeness (QED) is 0.607. The van der Waals surface area contributed by atoms with Gasteiger partial charge in [-0.15, -0.1) is 0 Å². The minimum absolute atomic E-state index is 0.00407. The number of alkyl halides is 2. The first-order chi connectivity index (χ1) is 14.5. The van der Waals surface area contributed by atoms with Gasteiger partial charge in [-0.3, -0.25) is 4.79 Å². The van der Waals surface area contributed by atoms with Gasteiger partial charge in [-0.25, -0.2) is 16.8 Å². The molecule has 2 aliphatic rings. The lowest BCUT2D eigenvalue weighted by Crippen LogP contribution is -2.44. The molecule has 1 saturated heterocycles. The number of halogens is 2. The fraction of sp³-hybridized carbons (Fsp3) is 0.526. The summed E-state index contributed by atoms with van der Waals surface area (Å²) in [5.74, 6) is -0.687. The summed E-state index contributed by atoms with van der Waals surface area (Å²) in [7, 11) is -7.10. The van der Waals surface area contributed by atoms with Crippen LogP contribution in [0.5, 0.6) is 5.75 Å². The van der Waals surface area contributed by atoms with Crippen LogP contribution in [-0.4, -0.2) is 64.3 Å². The van der Waals surface area contributed by atoms with E-state index in [-0.39, 0.29) is 35.1 Å². The smallest absolute Gasteiger partial charge is 0.387 e. The van der Waals surface area contributed by atoms with E-state index in [1.807, 2.05) is 0 Å². The van der Waals surface area contributed by atoms with Crippen molar-refractivity contribution in [2.75, 3.05) is 24.6 Å². The first-order valence-electron chi connectivity index (χ1n) is 9.78. The zero-order valence-corrected chi connectivity index (χ0v) is 18.5. The van der Waals surface area contributed by atoms with Crippen molar-refractivity contribution in [3.05, 3.63) is 34.2 Å². The number of hydrogen-bond donors (Lipinski definition) is 1. The molecule has 0 aromatic heterocycles. The van der Waals surface area contributed by atoms with Crippen LogP contribution in [0.4, 0.5) is 8.78 Å². The molecule has 1 aromatic rings. The maximum atomic E-state index is 13.1. The second kappa shape index (κ2) is 9.21. The van der Waals surface area contributed by atoms with Crippen molar-refractivity contribution < 1.29 is 35.1 Å². The van der Waals surface area contributed by atoms with Gasteiger partial charge in [0.15, 0.2) is 9.84 Å². The van der Waals surface area contributed by atoms with Crippen LogP contribution in [0.3, 0.4) is 0 Å². The Bertz CT molecular complexity index is 1090. The molecule has 1 aliphatic heterocycles. The Morgan fingerprint density at radius 3 is 2.68 bits per heavy atom. The number of allylic oxidation sites excluding steroid dienone is 1. The van der Waals surface area contributed by atoms with Crippen molar-refractivity contribution in [1.29, 1.82) is 0 Å². The van der Waals surface area contributed by atoms with E-state index in [2.05, 4.69) is 10.1 Å². The molecule has 0 spiro atoms. The number of sulfonamides is 1. The minimum atomic E-state index is -3.93. The molecule has 1 fully saturated rings. The number of rotatable bonds is 8. The number of carbonyl (C=O) groups excluding carboxylic acids is 1. The summed E-state index contributed by atoms with van der Waals surface area (Å²) in [6.07, 6.45) is 2.27. The second-order valence-corrected chi connectivity index (χ2v) is 11.7. The minimum Gasteiger partial charge on any atom is -0.435 e. The molecule has 12 heteroatoms. The molecule has 1 amide bonds. The first-order valence-corrected chi connectivity index (χ1v) is 13.0. The zero-order valence-electron chi connectivity index (χ0n) is 16.9. The van der Waals surface area contributed by atoms with Crippen LogP contribution in [0.25, 0.3) is 6.08 Å². The Balaban J connectivity index is 1.71. The van der Waals surface area contributed by atoms with Crippen molar-refractivity contribution in [3.63, 3.8) is 0 Å². The maximum absolute atomic E-state index is 13.1. The molecule has 1 unspecified atom stereocenters. The number of amides is 1. The predicted molar refractivity (Wildman–Crippen MR) is 111 cm³/mol. The molecule has 0 saturated carbocycles. The van der Waals surface area contributed by atoms with Crippen LogP contribution in [-0.2, 0) is 31.1 Å².